The molecule has 1 saturated heterocycles. The summed E-state index contributed by atoms with van der Waals surface area (Å²) in [6, 6.07) is 13.3. The summed E-state index contributed by atoms with van der Waals surface area (Å²) < 4.78 is 0. The molecule has 0 bridgehead atoms. The van der Waals surface area contributed by atoms with Gasteiger partial charge in [-0.3, -0.25) is 9.80 Å². The fourth-order valence-corrected chi connectivity index (χ4v) is 3.61. The molecule has 0 radical (unpaired) electrons. The van der Waals surface area contributed by atoms with Crippen molar-refractivity contribution in [3.63, 3.8) is 0 Å². The predicted molar refractivity (Wildman–Crippen MR) is 128 cm³/mol. The molecule has 160 valence electrons. The summed E-state index contributed by atoms with van der Waals surface area (Å²) in [6.45, 7) is 7.53. The Hall–Kier alpha value is -1.98. The zero-order valence-electron chi connectivity index (χ0n) is 17.4. The zero-order chi connectivity index (χ0) is 22.5. The highest BCUT2D eigenvalue weighted by molar-refractivity contribution is 6.31. The van der Waals surface area contributed by atoms with E-state index in [1.807, 2.05) is 13.8 Å². The van der Waals surface area contributed by atoms with Crippen LogP contribution in [0.15, 0.2) is 71.3 Å². The molecule has 0 aromatic heterocycles. The van der Waals surface area contributed by atoms with Crippen LogP contribution in [0.4, 0.5) is 16.2 Å². The predicted octanol–water partition coefficient (Wildman–Crippen LogP) is 7.24. The van der Waals surface area contributed by atoms with E-state index < -0.39 is 5.72 Å². The number of anilines is 2. The van der Waals surface area contributed by atoms with Gasteiger partial charge in [0.2, 0.25) is 0 Å². The minimum absolute atomic E-state index is 0.0242. The number of hydrogen-bond donors (Lipinski definition) is 1. The first-order valence-corrected chi connectivity index (χ1v) is 10.8. The molecule has 2 amide bonds. The van der Waals surface area contributed by atoms with Crippen molar-refractivity contribution in [2.24, 2.45) is 0 Å². The van der Waals surface area contributed by atoms with Gasteiger partial charge in [0.05, 0.1) is 6.54 Å². The number of amides is 2. The Morgan fingerprint density at radius 2 is 1.47 bits per heavy atom. The van der Waals surface area contributed by atoms with Crippen LogP contribution in [-0.4, -0.2) is 23.4 Å². The van der Waals surface area contributed by atoms with E-state index in [-0.39, 0.29) is 12.6 Å². The first-order chi connectivity index (χ1) is 14.3. The van der Waals surface area contributed by atoms with Gasteiger partial charge in [-0.05, 0) is 68.5 Å². The van der Waals surface area contributed by atoms with E-state index in [1.54, 1.807) is 74.5 Å². The lowest BCUT2D eigenvalue weighted by atomic mass is 10.00. The zero-order valence-corrected chi connectivity index (χ0v) is 19.6. The molecular formula is C23H25Cl3N2O2. The number of rotatable bonds is 4. The largest absolute Gasteiger partial charge is 0.365 e. The Labute approximate surface area is 193 Å². The van der Waals surface area contributed by atoms with Crippen LogP contribution in [0.5, 0.6) is 0 Å². The van der Waals surface area contributed by atoms with E-state index >= 15 is 0 Å². The van der Waals surface area contributed by atoms with Gasteiger partial charge >= 0.3 is 6.03 Å². The molecule has 1 fully saturated rings. The molecule has 1 aliphatic rings. The number of halogens is 3. The molecule has 1 N–H and O–H groups in total. The van der Waals surface area contributed by atoms with E-state index in [9.17, 15) is 9.90 Å². The summed E-state index contributed by atoms with van der Waals surface area (Å²) in [7, 11) is 0. The summed E-state index contributed by atoms with van der Waals surface area (Å²) in [5.74, 6) is 0. The van der Waals surface area contributed by atoms with E-state index in [1.165, 1.54) is 9.80 Å². The van der Waals surface area contributed by atoms with Gasteiger partial charge in [-0.2, -0.15) is 0 Å². The van der Waals surface area contributed by atoms with E-state index in [2.05, 4.69) is 0 Å². The number of benzene rings is 2. The normalized spacial score (nSPS) is 19.7. The monoisotopic (exact) mass is 466 g/mol. The average Bonchev–Trinajstić information content (AvgIpc) is 3.00. The second-order valence-electron chi connectivity index (χ2n) is 6.45. The number of aliphatic hydroxyl groups is 1. The molecule has 7 heteroatoms. The minimum Gasteiger partial charge on any atom is -0.365 e. The Morgan fingerprint density at radius 1 is 1.00 bits per heavy atom. The molecule has 1 unspecified atom stereocenters. The van der Waals surface area contributed by atoms with Crippen molar-refractivity contribution >= 4 is 52.2 Å². The van der Waals surface area contributed by atoms with E-state index in [0.29, 0.717) is 32.0 Å². The first kappa shape index (κ1) is 24.3. The summed E-state index contributed by atoms with van der Waals surface area (Å²) in [6.07, 6.45) is 3.40. The van der Waals surface area contributed by atoms with Crippen LogP contribution in [0.1, 0.15) is 27.7 Å². The van der Waals surface area contributed by atoms with E-state index in [0.717, 1.165) is 0 Å². The molecule has 1 heterocycles. The quantitative estimate of drug-likeness (QED) is 0.481. The lowest BCUT2D eigenvalue weighted by molar-refractivity contribution is 0.109. The van der Waals surface area contributed by atoms with Crippen molar-refractivity contribution in [1.82, 2.24) is 0 Å². The average molecular weight is 468 g/mol. The smallest absolute Gasteiger partial charge is 0.331 e. The molecule has 0 aliphatic carbocycles. The van der Waals surface area contributed by atoms with Gasteiger partial charge in [0.25, 0.3) is 0 Å². The third kappa shape index (κ3) is 5.01. The number of urea groups is 1. The third-order valence-electron chi connectivity index (χ3n) is 4.52. The third-order valence-corrected chi connectivity index (χ3v) is 5.13. The molecule has 4 nitrogen and oxygen atoms in total. The van der Waals surface area contributed by atoms with Crippen molar-refractivity contribution in [3.8, 4) is 0 Å². The first-order valence-electron chi connectivity index (χ1n) is 9.62. The molecule has 3 rings (SSSR count). The summed E-state index contributed by atoms with van der Waals surface area (Å²) in [5.41, 5.74) is 0.0505. The van der Waals surface area contributed by atoms with E-state index in [4.69, 9.17) is 34.8 Å². The standard InChI is InChI=1S/C21H19Cl3N2O2.C2H6/c1-3-15(12-14(2)22)21(28)13-25(18-8-4-16(23)5-9-18)20(27)26(21)19-10-6-17(24)7-11-19;1-2/h3-12,28H,13H2,1-2H3;1-2H3/b14-12+,15-3+;. The van der Waals surface area contributed by atoms with Crippen molar-refractivity contribution in [3.05, 3.63) is 81.3 Å². The van der Waals surface area contributed by atoms with Crippen LogP contribution in [0.3, 0.4) is 0 Å². The summed E-state index contributed by atoms with van der Waals surface area (Å²) >= 11 is 18.0. The van der Waals surface area contributed by atoms with Crippen LogP contribution in [0, 0.1) is 0 Å². The Bertz CT molecular complexity index is 936. The molecular weight excluding hydrogens is 443 g/mol. The van der Waals surface area contributed by atoms with Gasteiger partial charge in [-0.15, -0.1) is 0 Å². The molecule has 30 heavy (non-hydrogen) atoms. The number of carbonyl (C=O) groups is 1. The van der Waals surface area contributed by atoms with Crippen molar-refractivity contribution in [1.29, 1.82) is 0 Å². The summed E-state index contributed by atoms with van der Waals surface area (Å²) in [5, 5.41) is 13.3. The molecule has 0 spiro atoms. The van der Waals surface area contributed by atoms with Crippen molar-refractivity contribution in [2.45, 2.75) is 33.4 Å². The van der Waals surface area contributed by atoms with Gasteiger partial charge in [-0.25, -0.2) is 4.79 Å². The topological polar surface area (TPSA) is 43.8 Å². The Morgan fingerprint density at radius 3 is 1.90 bits per heavy atom. The Balaban J connectivity index is 0.00000155. The maximum absolute atomic E-state index is 13.3. The highest BCUT2D eigenvalue weighted by atomic mass is 35.5. The number of nitrogens with zero attached hydrogens (tertiary/aromatic N) is 2. The van der Waals surface area contributed by atoms with Gasteiger partial charge in [0.1, 0.15) is 0 Å². The molecule has 1 aliphatic heterocycles. The van der Waals surface area contributed by atoms with Crippen molar-refractivity contribution < 1.29 is 9.90 Å². The van der Waals surface area contributed by atoms with Crippen LogP contribution in [0.2, 0.25) is 10.0 Å². The molecule has 1 atom stereocenters. The van der Waals surface area contributed by atoms with Crippen LogP contribution >= 0.6 is 34.8 Å². The fourth-order valence-electron chi connectivity index (χ4n) is 3.24. The molecule has 2 aromatic rings. The second-order valence-corrected chi connectivity index (χ2v) is 7.92. The highest BCUT2D eigenvalue weighted by Gasteiger charge is 2.51. The van der Waals surface area contributed by atoms with Gasteiger partial charge in [0, 0.05) is 32.0 Å². The summed E-state index contributed by atoms with van der Waals surface area (Å²) in [4.78, 5) is 16.2. The number of β-amino-alcohol motifs (C(OH)–C–C–N with tert-alkyl or cyclic N) is 1. The fraction of sp³-hybridized carbons (Fsp3) is 0.261. The molecule has 0 saturated carbocycles. The maximum Gasteiger partial charge on any atom is 0.331 e. The van der Waals surface area contributed by atoms with Gasteiger partial charge < -0.3 is 5.11 Å². The number of carbonyl (C=O) groups excluding carboxylic acids is 1. The van der Waals surface area contributed by atoms with Crippen LogP contribution < -0.4 is 9.80 Å². The van der Waals surface area contributed by atoms with Crippen molar-refractivity contribution in [2.75, 3.05) is 16.3 Å². The second kappa shape index (κ2) is 10.4. The van der Waals surface area contributed by atoms with Crippen LogP contribution in [0.25, 0.3) is 0 Å². The van der Waals surface area contributed by atoms with Crippen LogP contribution in [-0.2, 0) is 0 Å². The minimum atomic E-state index is -1.62. The molecule has 2 aromatic carbocycles. The number of allylic oxidation sites excluding steroid dienone is 2. The highest BCUT2D eigenvalue weighted by Crippen LogP contribution is 2.39. The van der Waals surface area contributed by atoms with Gasteiger partial charge in [-0.1, -0.05) is 54.7 Å². The number of hydrogen-bond acceptors (Lipinski definition) is 2. The van der Waals surface area contributed by atoms with Gasteiger partial charge in [0.15, 0.2) is 5.72 Å². The lowest BCUT2D eigenvalue weighted by Crippen LogP contribution is -2.48. The Kier molecular flexibility index (Phi) is 8.39. The SMILES string of the molecule is C/C=C(\C=C(/C)Cl)C1(O)CN(c2ccc(Cl)cc2)C(=O)N1c1ccc(Cl)cc1.CC. The maximum atomic E-state index is 13.3. The lowest BCUT2D eigenvalue weighted by Gasteiger charge is -2.33.